The van der Waals surface area contributed by atoms with Crippen molar-refractivity contribution >= 4 is 35.0 Å². The molecule has 1 aromatic heterocycles. The number of hydrogen-bond acceptors (Lipinski definition) is 7. The summed E-state index contributed by atoms with van der Waals surface area (Å²) in [6.45, 7) is 6.13. The number of rotatable bonds is 8. The minimum atomic E-state index is -0.964. The lowest BCUT2D eigenvalue weighted by atomic mass is 10.1. The average Bonchev–Trinajstić information content (AvgIpc) is 2.82. The smallest absolute Gasteiger partial charge is 0.335 e. The third kappa shape index (κ3) is 5.80. The van der Waals surface area contributed by atoms with Crippen molar-refractivity contribution < 1.29 is 24.2 Å². The minimum absolute atomic E-state index is 0.0281. The Labute approximate surface area is 201 Å². The maximum atomic E-state index is 12.5. The lowest BCUT2D eigenvalue weighted by Crippen LogP contribution is -2.25. The van der Waals surface area contributed by atoms with Gasteiger partial charge in [0.15, 0.2) is 6.61 Å². The number of nitrogens with one attached hydrogen (secondary N) is 3. The van der Waals surface area contributed by atoms with Gasteiger partial charge in [0.25, 0.3) is 5.91 Å². The summed E-state index contributed by atoms with van der Waals surface area (Å²) in [5, 5.41) is 17.8. The van der Waals surface area contributed by atoms with Crippen LogP contribution in [0.4, 0.5) is 11.5 Å². The van der Waals surface area contributed by atoms with Gasteiger partial charge in [0.2, 0.25) is 5.91 Å². The van der Waals surface area contributed by atoms with Gasteiger partial charge in [-0.15, -0.1) is 0 Å². The van der Waals surface area contributed by atoms with Gasteiger partial charge in [0, 0.05) is 12.6 Å². The number of carbonyl (C=O) groups is 3. The van der Waals surface area contributed by atoms with E-state index in [0.717, 1.165) is 5.56 Å². The van der Waals surface area contributed by atoms with Gasteiger partial charge >= 0.3 is 5.97 Å². The first-order chi connectivity index (χ1) is 16.8. The monoisotopic (exact) mass is 473 g/mol. The van der Waals surface area contributed by atoms with Crippen molar-refractivity contribution in [2.24, 2.45) is 0 Å². The number of carboxylic acid groups (broad SMARTS) is 1. The molecule has 0 saturated heterocycles. The van der Waals surface area contributed by atoms with E-state index in [-0.39, 0.29) is 30.4 Å². The van der Waals surface area contributed by atoms with Gasteiger partial charge in [0.05, 0.1) is 29.1 Å². The molecule has 0 atom stereocenters. The number of carboxylic acids is 1. The van der Waals surface area contributed by atoms with Gasteiger partial charge in [-0.25, -0.2) is 14.8 Å². The highest BCUT2D eigenvalue weighted by molar-refractivity contribution is 5.96. The van der Waals surface area contributed by atoms with E-state index < -0.39 is 5.97 Å². The van der Waals surface area contributed by atoms with Crippen LogP contribution in [0.3, 0.4) is 0 Å². The maximum absolute atomic E-state index is 12.5. The van der Waals surface area contributed by atoms with Gasteiger partial charge < -0.3 is 25.8 Å². The van der Waals surface area contributed by atoms with Gasteiger partial charge in [-0.05, 0) is 41.8 Å². The number of aromatic carboxylic acids is 1. The molecular formula is C25H23N5O5. The summed E-state index contributed by atoms with van der Waals surface area (Å²) in [5.74, 6) is -0.610. The number of aryl methyl sites for hydroxylation is 1. The van der Waals surface area contributed by atoms with Crippen LogP contribution < -0.4 is 20.7 Å². The van der Waals surface area contributed by atoms with E-state index in [2.05, 4.69) is 32.5 Å². The predicted octanol–water partition coefficient (Wildman–Crippen LogP) is 2.76. The van der Waals surface area contributed by atoms with Crippen LogP contribution in [0.5, 0.6) is 5.75 Å². The van der Waals surface area contributed by atoms with Gasteiger partial charge in [-0.1, -0.05) is 24.8 Å². The number of anilines is 2. The molecule has 178 valence electrons. The average molecular weight is 473 g/mol. The molecule has 3 aromatic rings. The standard InChI is InChI=1S/C25H23N5O5/c1-14-7-17(3-5-18(14)25(33)34)11-26-15(2)19-10-22(28-13-27-19)30-23(31)9-16-4-6-21-20(8-16)29-24(32)12-35-21/h3-8,10,13,26H,2,9,11-12H2,1H3,(H,29,32)(H,33,34)(H,27,28,30,31). The van der Waals surface area contributed by atoms with Crippen molar-refractivity contribution in [1.82, 2.24) is 15.3 Å². The third-order valence-corrected chi connectivity index (χ3v) is 5.31. The van der Waals surface area contributed by atoms with Crippen molar-refractivity contribution in [3.05, 3.63) is 83.3 Å². The Balaban J connectivity index is 1.35. The summed E-state index contributed by atoms with van der Waals surface area (Å²) in [7, 11) is 0. The van der Waals surface area contributed by atoms with E-state index >= 15 is 0 Å². The number of hydrogen-bond donors (Lipinski definition) is 4. The highest BCUT2D eigenvalue weighted by atomic mass is 16.5. The zero-order chi connectivity index (χ0) is 24.9. The summed E-state index contributed by atoms with van der Waals surface area (Å²) < 4.78 is 5.33. The van der Waals surface area contributed by atoms with Crippen molar-refractivity contribution in [2.45, 2.75) is 19.9 Å². The summed E-state index contributed by atoms with van der Waals surface area (Å²) in [6.07, 6.45) is 1.41. The molecule has 0 saturated carbocycles. The van der Waals surface area contributed by atoms with Gasteiger partial charge in [-0.2, -0.15) is 0 Å². The SMILES string of the molecule is C=C(NCc1ccc(C(=O)O)c(C)c1)c1cc(NC(=O)Cc2ccc3c(c2)NC(=O)CO3)ncn1. The van der Waals surface area contributed by atoms with Gasteiger partial charge in [-0.3, -0.25) is 9.59 Å². The Kier molecular flexibility index (Phi) is 6.72. The zero-order valence-electron chi connectivity index (χ0n) is 18.9. The fourth-order valence-corrected chi connectivity index (χ4v) is 3.58. The normalized spacial score (nSPS) is 12.1. The Morgan fingerprint density at radius 2 is 1.94 bits per heavy atom. The van der Waals surface area contributed by atoms with Crippen molar-refractivity contribution in [2.75, 3.05) is 17.2 Å². The fraction of sp³-hybridized carbons (Fsp3) is 0.160. The predicted molar refractivity (Wildman–Crippen MR) is 129 cm³/mol. The summed E-state index contributed by atoms with van der Waals surface area (Å²) in [5.41, 5.74) is 4.09. The lowest BCUT2D eigenvalue weighted by molar-refractivity contribution is -0.118. The first-order valence-corrected chi connectivity index (χ1v) is 10.7. The molecule has 35 heavy (non-hydrogen) atoms. The number of benzene rings is 2. The summed E-state index contributed by atoms with van der Waals surface area (Å²) in [4.78, 5) is 43.5. The highest BCUT2D eigenvalue weighted by Gasteiger charge is 2.17. The first-order valence-electron chi connectivity index (χ1n) is 10.7. The highest BCUT2D eigenvalue weighted by Crippen LogP contribution is 2.28. The summed E-state index contributed by atoms with van der Waals surface area (Å²) in [6, 6.07) is 11.9. The first kappa shape index (κ1) is 23.4. The van der Waals surface area contributed by atoms with Crippen LogP contribution >= 0.6 is 0 Å². The molecule has 10 nitrogen and oxygen atoms in total. The second-order valence-corrected chi connectivity index (χ2v) is 7.97. The van der Waals surface area contributed by atoms with Crippen LogP contribution in [-0.2, 0) is 22.6 Å². The number of aromatic nitrogens is 2. The second-order valence-electron chi connectivity index (χ2n) is 7.97. The van der Waals surface area contributed by atoms with Crippen LogP contribution in [0.15, 0.2) is 55.4 Å². The van der Waals surface area contributed by atoms with Crippen LogP contribution in [0.1, 0.15) is 32.7 Å². The molecular weight excluding hydrogens is 450 g/mol. The molecule has 4 N–H and O–H groups in total. The number of carbonyl (C=O) groups excluding carboxylic acids is 2. The van der Waals surface area contributed by atoms with E-state index in [1.54, 1.807) is 49.4 Å². The van der Waals surface area contributed by atoms with Crippen LogP contribution in [0, 0.1) is 6.92 Å². The number of nitrogens with zero attached hydrogens (tertiary/aromatic N) is 2. The second kappa shape index (κ2) is 10.0. The summed E-state index contributed by atoms with van der Waals surface area (Å²) >= 11 is 0. The molecule has 0 bridgehead atoms. The Hall–Kier alpha value is -4.73. The van der Waals surface area contributed by atoms with E-state index in [4.69, 9.17) is 9.84 Å². The maximum Gasteiger partial charge on any atom is 0.335 e. The number of fused-ring (bicyclic) bond motifs is 1. The van der Waals surface area contributed by atoms with Crippen molar-refractivity contribution in [3.63, 3.8) is 0 Å². The van der Waals surface area contributed by atoms with E-state index in [9.17, 15) is 14.4 Å². The van der Waals surface area contributed by atoms with E-state index in [1.807, 2.05) is 0 Å². The van der Waals surface area contributed by atoms with Crippen LogP contribution in [0.25, 0.3) is 5.70 Å². The Morgan fingerprint density at radius 1 is 1.14 bits per heavy atom. The van der Waals surface area contributed by atoms with E-state index in [0.29, 0.717) is 46.3 Å². The Morgan fingerprint density at radius 3 is 2.71 bits per heavy atom. The fourth-order valence-electron chi connectivity index (χ4n) is 3.58. The molecule has 1 aliphatic rings. The van der Waals surface area contributed by atoms with Crippen LogP contribution in [0.2, 0.25) is 0 Å². The third-order valence-electron chi connectivity index (χ3n) is 5.31. The largest absolute Gasteiger partial charge is 0.482 e. The molecule has 0 fully saturated rings. The molecule has 2 aromatic carbocycles. The molecule has 0 aliphatic carbocycles. The molecule has 2 amide bonds. The minimum Gasteiger partial charge on any atom is -0.482 e. The Bertz CT molecular complexity index is 1340. The lowest BCUT2D eigenvalue weighted by Gasteiger charge is -2.18. The van der Waals surface area contributed by atoms with Crippen LogP contribution in [-0.4, -0.2) is 39.5 Å². The number of amides is 2. The topological polar surface area (TPSA) is 143 Å². The molecule has 0 spiro atoms. The zero-order valence-corrected chi connectivity index (χ0v) is 18.9. The molecule has 0 unspecified atom stereocenters. The molecule has 4 rings (SSSR count). The molecule has 2 heterocycles. The molecule has 10 heteroatoms. The number of ether oxygens (including phenoxy) is 1. The van der Waals surface area contributed by atoms with Crippen molar-refractivity contribution in [1.29, 1.82) is 0 Å². The molecule has 1 aliphatic heterocycles. The van der Waals surface area contributed by atoms with Crippen molar-refractivity contribution in [3.8, 4) is 5.75 Å². The van der Waals surface area contributed by atoms with E-state index in [1.165, 1.54) is 6.33 Å². The molecule has 0 radical (unpaired) electrons. The quantitative estimate of drug-likeness (QED) is 0.391. The van der Waals surface area contributed by atoms with Gasteiger partial charge in [0.1, 0.15) is 17.9 Å².